The molecule has 108 valence electrons. The lowest BCUT2D eigenvalue weighted by atomic mass is 9.68. The minimum Gasteiger partial charge on any atom is -0.494 e. The van der Waals surface area contributed by atoms with Gasteiger partial charge in [-0.25, -0.2) is 0 Å². The standard InChI is InChI=1S/C18H30O/c1-6-12-16(18(5,7-2)8-3)15-13-10-11-14-17(15)19-9-4/h10-11,13-14,16H,6-9,12H2,1-5H3. The predicted octanol–water partition coefficient (Wildman–Crippen LogP) is 5.80. The lowest BCUT2D eigenvalue weighted by molar-refractivity contribution is 0.213. The Hall–Kier alpha value is -0.980. The van der Waals surface area contributed by atoms with Crippen molar-refractivity contribution in [2.24, 2.45) is 5.41 Å². The molecule has 0 aliphatic rings. The van der Waals surface area contributed by atoms with Gasteiger partial charge in [-0.1, -0.05) is 65.2 Å². The van der Waals surface area contributed by atoms with E-state index in [-0.39, 0.29) is 0 Å². The zero-order valence-electron chi connectivity index (χ0n) is 13.3. The molecule has 0 amide bonds. The van der Waals surface area contributed by atoms with Crippen LogP contribution in [0.3, 0.4) is 0 Å². The molecular formula is C18H30O. The van der Waals surface area contributed by atoms with E-state index >= 15 is 0 Å². The first kappa shape index (κ1) is 16.1. The molecular weight excluding hydrogens is 232 g/mol. The number of hydrogen-bond acceptors (Lipinski definition) is 1. The minimum absolute atomic E-state index is 0.364. The molecule has 0 saturated carbocycles. The summed E-state index contributed by atoms with van der Waals surface area (Å²) in [7, 11) is 0. The van der Waals surface area contributed by atoms with Crippen LogP contribution in [-0.4, -0.2) is 6.61 Å². The molecule has 1 heteroatoms. The average molecular weight is 262 g/mol. The van der Waals surface area contributed by atoms with Crippen molar-refractivity contribution in [2.45, 2.75) is 66.2 Å². The van der Waals surface area contributed by atoms with E-state index < -0.39 is 0 Å². The first-order valence-electron chi connectivity index (χ1n) is 7.84. The Morgan fingerprint density at radius 3 is 2.21 bits per heavy atom. The fraction of sp³-hybridized carbons (Fsp3) is 0.667. The summed E-state index contributed by atoms with van der Waals surface area (Å²) in [5, 5.41) is 0. The third-order valence-corrected chi connectivity index (χ3v) is 4.63. The average Bonchev–Trinajstić information content (AvgIpc) is 2.45. The van der Waals surface area contributed by atoms with Gasteiger partial charge in [-0.2, -0.15) is 0 Å². The van der Waals surface area contributed by atoms with Crippen molar-refractivity contribution >= 4 is 0 Å². The van der Waals surface area contributed by atoms with Crippen LogP contribution in [-0.2, 0) is 0 Å². The number of benzene rings is 1. The highest BCUT2D eigenvalue weighted by Gasteiger charge is 2.33. The fourth-order valence-electron chi connectivity index (χ4n) is 2.97. The van der Waals surface area contributed by atoms with Crippen LogP contribution in [0.4, 0.5) is 0 Å². The molecule has 0 aliphatic carbocycles. The van der Waals surface area contributed by atoms with Crippen molar-refractivity contribution in [3.05, 3.63) is 29.8 Å². The molecule has 0 radical (unpaired) electrons. The molecule has 1 aromatic rings. The maximum Gasteiger partial charge on any atom is 0.122 e. The Morgan fingerprint density at radius 2 is 1.68 bits per heavy atom. The molecule has 0 N–H and O–H groups in total. The largest absolute Gasteiger partial charge is 0.494 e. The van der Waals surface area contributed by atoms with Gasteiger partial charge in [0.15, 0.2) is 0 Å². The highest BCUT2D eigenvalue weighted by molar-refractivity contribution is 5.37. The van der Waals surface area contributed by atoms with Crippen LogP contribution in [0, 0.1) is 5.41 Å². The Kier molecular flexibility index (Phi) is 6.41. The van der Waals surface area contributed by atoms with Crippen LogP contribution in [0.1, 0.15) is 71.8 Å². The summed E-state index contributed by atoms with van der Waals surface area (Å²) in [6.07, 6.45) is 4.90. The molecule has 0 aromatic heterocycles. The third-order valence-electron chi connectivity index (χ3n) is 4.63. The second-order valence-corrected chi connectivity index (χ2v) is 5.67. The lowest BCUT2D eigenvalue weighted by Gasteiger charge is -2.37. The number of ether oxygens (including phenoxy) is 1. The van der Waals surface area contributed by atoms with Crippen LogP contribution in [0.25, 0.3) is 0 Å². The van der Waals surface area contributed by atoms with Gasteiger partial charge in [0.2, 0.25) is 0 Å². The van der Waals surface area contributed by atoms with Crippen LogP contribution in [0.2, 0.25) is 0 Å². The smallest absolute Gasteiger partial charge is 0.122 e. The Morgan fingerprint density at radius 1 is 1.05 bits per heavy atom. The molecule has 1 aromatic carbocycles. The SMILES string of the molecule is CCCC(c1ccccc1OCC)C(C)(CC)CC. The highest BCUT2D eigenvalue weighted by atomic mass is 16.5. The second-order valence-electron chi connectivity index (χ2n) is 5.67. The van der Waals surface area contributed by atoms with E-state index in [0.29, 0.717) is 11.3 Å². The van der Waals surface area contributed by atoms with Crippen molar-refractivity contribution < 1.29 is 4.74 Å². The maximum absolute atomic E-state index is 5.85. The molecule has 0 bridgehead atoms. The minimum atomic E-state index is 0.364. The van der Waals surface area contributed by atoms with E-state index in [0.717, 1.165) is 12.4 Å². The van der Waals surface area contributed by atoms with Gasteiger partial charge in [0, 0.05) is 0 Å². The van der Waals surface area contributed by atoms with Crippen molar-refractivity contribution in [2.75, 3.05) is 6.61 Å². The Bertz CT molecular complexity index is 366. The molecule has 0 aliphatic heterocycles. The number of para-hydroxylation sites is 1. The number of rotatable bonds is 8. The van der Waals surface area contributed by atoms with Gasteiger partial charge in [0.05, 0.1) is 6.61 Å². The summed E-state index contributed by atoms with van der Waals surface area (Å²) in [5.41, 5.74) is 1.76. The van der Waals surface area contributed by atoms with E-state index in [4.69, 9.17) is 4.74 Å². The van der Waals surface area contributed by atoms with E-state index in [1.807, 2.05) is 0 Å². The first-order chi connectivity index (χ1) is 9.12. The summed E-state index contributed by atoms with van der Waals surface area (Å²) in [6, 6.07) is 8.60. The summed E-state index contributed by atoms with van der Waals surface area (Å²) < 4.78 is 5.85. The molecule has 1 atom stereocenters. The Balaban J connectivity index is 3.18. The molecule has 0 saturated heterocycles. The first-order valence-corrected chi connectivity index (χ1v) is 7.84. The lowest BCUT2D eigenvalue weighted by Crippen LogP contribution is -2.25. The summed E-state index contributed by atoms with van der Waals surface area (Å²) in [6.45, 7) is 12.1. The quantitative estimate of drug-likeness (QED) is 0.575. The molecule has 0 fully saturated rings. The fourth-order valence-corrected chi connectivity index (χ4v) is 2.97. The van der Waals surface area contributed by atoms with Gasteiger partial charge < -0.3 is 4.74 Å². The van der Waals surface area contributed by atoms with Crippen molar-refractivity contribution in [1.82, 2.24) is 0 Å². The molecule has 1 rings (SSSR count). The van der Waals surface area contributed by atoms with E-state index in [9.17, 15) is 0 Å². The molecule has 19 heavy (non-hydrogen) atoms. The van der Waals surface area contributed by atoms with Gasteiger partial charge in [0.1, 0.15) is 5.75 Å². The van der Waals surface area contributed by atoms with Gasteiger partial charge in [-0.15, -0.1) is 0 Å². The van der Waals surface area contributed by atoms with E-state index in [1.165, 1.54) is 31.2 Å². The Labute approximate surface area is 119 Å². The van der Waals surface area contributed by atoms with E-state index in [2.05, 4.69) is 58.9 Å². The van der Waals surface area contributed by atoms with Gasteiger partial charge in [0.25, 0.3) is 0 Å². The second kappa shape index (κ2) is 7.57. The number of hydrogen-bond donors (Lipinski definition) is 0. The zero-order valence-corrected chi connectivity index (χ0v) is 13.3. The van der Waals surface area contributed by atoms with Gasteiger partial charge >= 0.3 is 0 Å². The van der Waals surface area contributed by atoms with Crippen molar-refractivity contribution in [3.63, 3.8) is 0 Å². The van der Waals surface area contributed by atoms with Gasteiger partial charge in [-0.05, 0) is 36.3 Å². The topological polar surface area (TPSA) is 9.23 Å². The zero-order chi connectivity index (χ0) is 14.3. The normalized spacial score (nSPS) is 13.3. The summed E-state index contributed by atoms with van der Waals surface area (Å²) in [5.74, 6) is 1.67. The maximum atomic E-state index is 5.85. The van der Waals surface area contributed by atoms with Gasteiger partial charge in [-0.3, -0.25) is 0 Å². The van der Waals surface area contributed by atoms with Crippen molar-refractivity contribution in [1.29, 1.82) is 0 Å². The highest BCUT2D eigenvalue weighted by Crippen LogP contribution is 2.46. The molecule has 1 unspecified atom stereocenters. The van der Waals surface area contributed by atoms with Crippen LogP contribution in [0.5, 0.6) is 5.75 Å². The van der Waals surface area contributed by atoms with Crippen LogP contribution >= 0.6 is 0 Å². The predicted molar refractivity (Wildman–Crippen MR) is 83.9 cm³/mol. The third kappa shape index (κ3) is 3.75. The van der Waals surface area contributed by atoms with Crippen molar-refractivity contribution in [3.8, 4) is 5.75 Å². The summed E-state index contributed by atoms with van der Waals surface area (Å²) >= 11 is 0. The molecule has 0 spiro atoms. The van der Waals surface area contributed by atoms with Crippen LogP contribution < -0.4 is 4.74 Å². The monoisotopic (exact) mass is 262 g/mol. The van der Waals surface area contributed by atoms with E-state index in [1.54, 1.807) is 0 Å². The molecule has 1 nitrogen and oxygen atoms in total. The van der Waals surface area contributed by atoms with Crippen LogP contribution in [0.15, 0.2) is 24.3 Å². The molecule has 0 heterocycles. The summed E-state index contributed by atoms with van der Waals surface area (Å²) in [4.78, 5) is 0.